The predicted octanol–water partition coefficient (Wildman–Crippen LogP) is 3.62. The Labute approximate surface area is 228 Å². The van der Waals surface area contributed by atoms with Crippen LogP contribution in [0.25, 0.3) is 16.9 Å². The minimum Gasteiger partial charge on any atom is -0.369 e. The molecular weight excluding hydrogens is 512 g/mol. The maximum Gasteiger partial charge on any atom is 0.225 e. The molecule has 0 spiro atoms. The Balaban J connectivity index is 1.34. The van der Waals surface area contributed by atoms with Crippen LogP contribution >= 0.6 is 0 Å². The molecule has 6 rings (SSSR count). The number of nitrogens with zero attached hydrogens (tertiary/aromatic N) is 5. The lowest BCUT2D eigenvalue weighted by Crippen LogP contribution is -2.42. The number of nitriles is 1. The van der Waals surface area contributed by atoms with E-state index in [0.29, 0.717) is 31.7 Å². The van der Waals surface area contributed by atoms with E-state index in [1.807, 2.05) is 36.5 Å². The molecule has 3 heterocycles. The van der Waals surface area contributed by atoms with E-state index in [4.69, 9.17) is 5.10 Å². The standard InChI is InChI=1S/C29H32N6O3S/c30-20-29(12-13-29)32-28(36)24-6-2-1-5-23(24)27-25(19-35(33-27)26-7-3-4-14-31-26)21-8-10-22(11-9-21)34-15-17-39(37,38)18-16-34/h3-4,7-11,14,19,23-24H,1-2,5-6,12-13,15-18H2,(H,32,36). The first-order chi connectivity index (χ1) is 18.9. The summed E-state index contributed by atoms with van der Waals surface area (Å²) >= 11 is 0. The lowest BCUT2D eigenvalue weighted by atomic mass is 9.75. The second-order valence-corrected chi connectivity index (χ2v) is 13.2. The van der Waals surface area contributed by atoms with Crippen LogP contribution in [0.4, 0.5) is 5.69 Å². The molecule has 202 valence electrons. The lowest BCUT2D eigenvalue weighted by Gasteiger charge is -2.31. The molecular formula is C29H32N6O3S. The number of nitrogens with one attached hydrogen (secondary N) is 1. The van der Waals surface area contributed by atoms with Crippen LogP contribution in [0.1, 0.15) is 50.1 Å². The van der Waals surface area contributed by atoms with E-state index in [1.54, 1.807) is 10.9 Å². The number of benzene rings is 1. The van der Waals surface area contributed by atoms with Crippen molar-refractivity contribution in [3.8, 4) is 23.0 Å². The fourth-order valence-electron chi connectivity index (χ4n) is 5.80. The maximum atomic E-state index is 13.4. The van der Waals surface area contributed by atoms with Crippen LogP contribution in [0.2, 0.25) is 0 Å². The molecule has 1 aliphatic heterocycles. The molecule has 3 aliphatic rings. The summed E-state index contributed by atoms with van der Waals surface area (Å²) in [5, 5.41) is 17.6. The van der Waals surface area contributed by atoms with Gasteiger partial charge in [-0.25, -0.2) is 18.1 Å². The molecule has 9 nitrogen and oxygen atoms in total. The number of anilines is 1. The Kier molecular flexibility index (Phi) is 6.63. The number of amides is 1. The molecule has 3 aromatic rings. The smallest absolute Gasteiger partial charge is 0.225 e. The van der Waals surface area contributed by atoms with Gasteiger partial charge in [-0.3, -0.25) is 4.79 Å². The molecule has 1 amide bonds. The van der Waals surface area contributed by atoms with Crippen molar-refractivity contribution in [2.45, 2.75) is 50.0 Å². The highest BCUT2D eigenvalue weighted by Crippen LogP contribution is 2.43. The predicted molar refractivity (Wildman–Crippen MR) is 148 cm³/mol. The number of pyridine rings is 1. The molecule has 0 bridgehead atoms. The lowest BCUT2D eigenvalue weighted by molar-refractivity contribution is -0.127. The number of carbonyl (C=O) groups is 1. The first-order valence-electron chi connectivity index (χ1n) is 13.7. The Morgan fingerprint density at radius 1 is 1.05 bits per heavy atom. The molecule has 10 heteroatoms. The number of carbonyl (C=O) groups excluding carboxylic acids is 1. The van der Waals surface area contributed by atoms with Crippen molar-refractivity contribution in [2.24, 2.45) is 5.92 Å². The number of hydrogen-bond donors (Lipinski definition) is 1. The Morgan fingerprint density at radius 3 is 2.46 bits per heavy atom. The number of aromatic nitrogens is 3. The minimum atomic E-state index is -2.95. The number of rotatable bonds is 6. The van der Waals surface area contributed by atoms with Crippen molar-refractivity contribution in [3.63, 3.8) is 0 Å². The molecule has 2 aromatic heterocycles. The van der Waals surface area contributed by atoms with Crippen LogP contribution in [0.5, 0.6) is 0 Å². The Bertz CT molecular complexity index is 1490. The van der Waals surface area contributed by atoms with Gasteiger partial charge >= 0.3 is 0 Å². The Hall–Kier alpha value is -3.71. The highest BCUT2D eigenvalue weighted by atomic mass is 32.2. The summed E-state index contributed by atoms with van der Waals surface area (Å²) < 4.78 is 25.5. The molecule has 39 heavy (non-hydrogen) atoms. The van der Waals surface area contributed by atoms with Crippen molar-refractivity contribution >= 4 is 21.4 Å². The van der Waals surface area contributed by atoms with E-state index in [9.17, 15) is 18.5 Å². The average molecular weight is 545 g/mol. The van der Waals surface area contributed by atoms with E-state index in [-0.39, 0.29) is 29.2 Å². The summed E-state index contributed by atoms with van der Waals surface area (Å²) in [7, 11) is -2.95. The molecule has 2 atom stereocenters. The molecule has 3 fully saturated rings. The minimum absolute atomic E-state index is 0.0486. The summed E-state index contributed by atoms with van der Waals surface area (Å²) in [6.07, 6.45) is 8.76. The van der Waals surface area contributed by atoms with Crippen LogP contribution < -0.4 is 10.2 Å². The molecule has 0 radical (unpaired) electrons. The Morgan fingerprint density at radius 2 is 1.79 bits per heavy atom. The fraction of sp³-hybridized carbons (Fsp3) is 0.448. The summed E-state index contributed by atoms with van der Waals surface area (Å²) in [5.74, 6) is 0.689. The van der Waals surface area contributed by atoms with E-state index in [1.165, 1.54) is 0 Å². The van der Waals surface area contributed by atoms with Gasteiger partial charge in [0.05, 0.1) is 23.3 Å². The van der Waals surface area contributed by atoms with Crippen molar-refractivity contribution in [2.75, 3.05) is 29.5 Å². The van der Waals surface area contributed by atoms with Crippen molar-refractivity contribution in [3.05, 3.63) is 60.6 Å². The highest BCUT2D eigenvalue weighted by Gasteiger charge is 2.47. The molecule has 2 aliphatic carbocycles. The zero-order valence-electron chi connectivity index (χ0n) is 21.8. The van der Waals surface area contributed by atoms with Gasteiger partial charge in [0.1, 0.15) is 5.54 Å². The van der Waals surface area contributed by atoms with Crippen LogP contribution in [-0.4, -0.2) is 59.2 Å². The quantitative estimate of drug-likeness (QED) is 0.503. The van der Waals surface area contributed by atoms with Gasteiger partial charge in [0.2, 0.25) is 5.91 Å². The van der Waals surface area contributed by atoms with E-state index >= 15 is 0 Å². The molecule has 1 N–H and O–H groups in total. The van der Waals surface area contributed by atoms with Crippen LogP contribution in [0, 0.1) is 17.2 Å². The number of hydrogen-bond acceptors (Lipinski definition) is 7. The van der Waals surface area contributed by atoms with Crippen molar-refractivity contribution < 1.29 is 13.2 Å². The van der Waals surface area contributed by atoms with Gasteiger partial charge in [-0.1, -0.05) is 31.0 Å². The normalized spacial score (nSPS) is 23.5. The molecule has 2 saturated carbocycles. The van der Waals surface area contributed by atoms with Crippen LogP contribution in [0.3, 0.4) is 0 Å². The summed E-state index contributed by atoms with van der Waals surface area (Å²) in [4.78, 5) is 20.0. The van der Waals surface area contributed by atoms with Crippen LogP contribution in [0.15, 0.2) is 54.9 Å². The topological polar surface area (TPSA) is 121 Å². The van der Waals surface area contributed by atoms with E-state index in [0.717, 1.165) is 48.2 Å². The first-order valence-corrected chi connectivity index (χ1v) is 15.5. The summed E-state index contributed by atoms with van der Waals surface area (Å²) in [6.45, 7) is 0.987. The molecule has 1 saturated heterocycles. The van der Waals surface area contributed by atoms with Gasteiger partial charge in [0.25, 0.3) is 0 Å². The maximum absolute atomic E-state index is 13.4. The van der Waals surface area contributed by atoms with Crippen LogP contribution in [-0.2, 0) is 14.6 Å². The second-order valence-electron chi connectivity index (χ2n) is 10.9. The largest absolute Gasteiger partial charge is 0.369 e. The number of sulfone groups is 1. The van der Waals surface area contributed by atoms with E-state index < -0.39 is 15.4 Å². The molecule has 2 unspecified atom stereocenters. The summed E-state index contributed by atoms with van der Waals surface area (Å²) in [5.41, 5.74) is 3.12. The fourth-order valence-corrected chi connectivity index (χ4v) is 7.00. The van der Waals surface area contributed by atoms with Crippen molar-refractivity contribution in [1.82, 2.24) is 20.1 Å². The first kappa shape index (κ1) is 25.6. The van der Waals surface area contributed by atoms with Gasteiger partial charge in [0.15, 0.2) is 15.7 Å². The zero-order valence-corrected chi connectivity index (χ0v) is 22.6. The van der Waals surface area contributed by atoms with Gasteiger partial charge in [-0.15, -0.1) is 0 Å². The SMILES string of the molecule is N#CC1(NC(=O)C2CCCCC2c2nn(-c3ccccn3)cc2-c2ccc(N3CCS(=O)(=O)CC3)cc2)CC1. The average Bonchev–Trinajstić information content (AvgIpc) is 3.60. The zero-order chi connectivity index (χ0) is 27.0. The third-order valence-electron chi connectivity index (χ3n) is 8.30. The van der Waals surface area contributed by atoms with Gasteiger partial charge in [-0.2, -0.15) is 10.4 Å². The van der Waals surface area contributed by atoms with E-state index in [2.05, 4.69) is 33.4 Å². The third-order valence-corrected chi connectivity index (χ3v) is 9.90. The van der Waals surface area contributed by atoms with Gasteiger partial charge < -0.3 is 10.2 Å². The van der Waals surface area contributed by atoms with Crippen molar-refractivity contribution in [1.29, 1.82) is 5.26 Å². The molecule has 1 aromatic carbocycles. The monoisotopic (exact) mass is 544 g/mol. The van der Waals surface area contributed by atoms with Gasteiger partial charge in [0, 0.05) is 48.6 Å². The summed E-state index contributed by atoms with van der Waals surface area (Å²) in [6, 6.07) is 16.1. The van der Waals surface area contributed by atoms with Gasteiger partial charge in [-0.05, 0) is 55.5 Å². The third kappa shape index (κ3) is 5.28. The highest BCUT2D eigenvalue weighted by molar-refractivity contribution is 7.91. The second kappa shape index (κ2) is 10.1.